The van der Waals surface area contributed by atoms with E-state index < -0.39 is 17.5 Å². The number of esters is 1. The third-order valence-corrected chi connectivity index (χ3v) is 1.27. The van der Waals surface area contributed by atoms with Crippen molar-refractivity contribution < 1.29 is 9.53 Å². The molecule has 0 saturated heterocycles. The molecule has 0 heterocycles. The molecule has 0 radical (unpaired) electrons. The molecular formula is C8HN5O2. The Morgan fingerprint density at radius 1 is 1.00 bits per heavy atom. The van der Waals surface area contributed by atoms with Crippen LogP contribution in [0.25, 0.3) is 0 Å². The van der Waals surface area contributed by atoms with E-state index in [9.17, 15) is 4.79 Å². The summed E-state index contributed by atoms with van der Waals surface area (Å²) in [5.74, 6) is -1.52. The van der Waals surface area contributed by atoms with Crippen LogP contribution < -0.4 is 0 Å². The number of hydrogen-bond acceptors (Lipinski definition) is 7. The van der Waals surface area contributed by atoms with Gasteiger partial charge in [0.1, 0.15) is 30.3 Å². The Bertz CT molecular complexity index is 426. The maximum absolute atomic E-state index is 11.1. The number of nitrogens with zero attached hydrogens (tertiary/aromatic N) is 5. The van der Waals surface area contributed by atoms with Gasteiger partial charge in [0.15, 0.2) is 0 Å². The zero-order chi connectivity index (χ0) is 11.9. The van der Waals surface area contributed by atoms with Crippen molar-refractivity contribution in [2.75, 3.05) is 0 Å². The second kappa shape index (κ2) is 4.83. The lowest BCUT2D eigenvalue weighted by Gasteiger charge is -2.08. The smallest absolute Gasteiger partial charge is 0.358 e. The zero-order valence-electron chi connectivity index (χ0n) is 7.13. The average Bonchev–Trinajstić information content (AvgIpc) is 2.29. The van der Waals surface area contributed by atoms with Crippen LogP contribution in [-0.2, 0) is 9.53 Å². The minimum Gasteiger partial charge on any atom is -0.430 e. The van der Waals surface area contributed by atoms with Gasteiger partial charge in [0.25, 0.3) is 6.10 Å². The van der Waals surface area contributed by atoms with Crippen molar-refractivity contribution in [2.45, 2.75) is 6.10 Å². The van der Waals surface area contributed by atoms with Gasteiger partial charge in [-0.25, -0.2) is 4.79 Å². The van der Waals surface area contributed by atoms with E-state index in [0.29, 0.717) is 0 Å². The van der Waals surface area contributed by atoms with Crippen LogP contribution in [0.2, 0.25) is 0 Å². The molecule has 0 aliphatic rings. The third-order valence-electron chi connectivity index (χ3n) is 1.27. The van der Waals surface area contributed by atoms with E-state index in [2.05, 4.69) is 4.74 Å². The molecule has 7 heteroatoms. The van der Waals surface area contributed by atoms with Gasteiger partial charge in [-0.05, 0) is 0 Å². The van der Waals surface area contributed by atoms with Gasteiger partial charge in [0.05, 0.1) is 0 Å². The summed E-state index contributed by atoms with van der Waals surface area (Å²) in [6.07, 6.45) is -1.74. The molecule has 0 aliphatic heterocycles. The molecule has 70 valence electrons. The number of nitriles is 5. The molecule has 7 nitrogen and oxygen atoms in total. The Morgan fingerprint density at radius 2 is 1.40 bits per heavy atom. The molecule has 0 saturated carbocycles. The quantitative estimate of drug-likeness (QED) is 0.544. The fourth-order valence-electron chi connectivity index (χ4n) is 0.489. The van der Waals surface area contributed by atoms with Crippen molar-refractivity contribution in [1.82, 2.24) is 0 Å². The number of carbonyl (C=O) groups excluding carboxylic acids is 1. The molecule has 15 heavy (non-hydrogen) atoms. The summed E-state index contributed by atoms with van der Waals surface area (Å²) in [4.78, 5) is 11.1. The summed E-state index contributed by atoms with van der Waals surface area (Å²) in [5.41, 5.74) is -2.63. The Hall–Kier alpha value is -3.08. The van der Waals surface area contributed by atoms with Crippen molar-refractivity contribution in [3.8, 4) is 30.3 Å². The highest BCUT2D eigenvalue weighted by atomic mass is 16.5. The lowest BCUT2D eigenvalue weighted by Crippen LogP contribution is -2.31. The fourth-order valence-corrected chi connectivity index (χ4v) is 0.489. The first kappa shape index (κ1) is 11.9. The van der Waals surface area contributed by atoms with Crippen LogP contribution in [0.4, 0.5) is 0 Å². The van der Waals surface area contributed by atoms with Crippen molar-refractivity contribution in [3.63, 3.8) is 0 Å². The van der Waals surface area contributed by atoms with E-state index in [1.165, 1.54) is 12.1 Å². The van der Waals surface area contributed by atoms with Gasteiger partial charge in [0, 0.05) is 0 Å². The van der Waals surface area contributed by atoms with Crippen molar-refractivity contribution in [1.29, 1.82) is 26.3 Å². The van der Waals surface area contributed by atoms with Crippen LogP contribution in [0, 0.1) is 62.1 Å². The lowest BCUT2D eigenvalue weighted by molar-refractivity contribution is -0.148. The van der Waals surface area contributed by atoms with Crippen molar-refractivity contribution in [2.24, 2.45) is 5.41 Å². The Labute approximate surface area is 84.5 Å². The fraction of sp³-hybridized carbons (Fsp3) is 0.250. The molecule has 0 aromatic heterocycles. The van der Waals surface area contributed by atoms with Crippen molar-refractivity contribution in [3.05, 3.63) is 0 Å². The summed E-state index contributed by atoms with van der Waals surface area (Å²) in [6, 6.07) is 6.05. The molecule has 0 rings (SSSR count). The van der Waals surface area contributed by atoms with Crippen LogP contribution in [-0.4, -0.2) is 12.1 Å². The Kier molecular flexibility index (Phi) is 3.84. The summed E-state index contributed by atoms with van der Waals surface area (Å²) in [6.45, 7) is 0. The predicted molar refractivity (Wildman–Crippen MR) is 40.4 cm³/mol. The number of rotatable bonds is 2. The lowest BCUT2D eigenvalue weighted by atomic mass is 9.94. The highest BCUT2D eigenvalue weighted by molar-refractivity contribution is 5.87. The van der Waals surface area contributed by atoms with Gasteiger partial charge in [0.2, 0.25) is 0 Å². The van der Waals surface area contributed by atoms with E-state index in [4.69, 9.17) is 26.3 Å². The SMILES string of the molecule is N#CC(C#N)OC(=O)C(C#N)(C#N)C#N. The van der Waals surface area contributed by atoms with Crippen LogP contribution in [0.3, 0.4) is 0 Å². The second-order valence-electron chi connectivity index (χ2n) is 2.13. The van der Waals surface area contributed by atoms with E-state index in [1.54, 1.807) is 0 Å². The second-order valence-corrected chi connectivity index (χ2v) is 2.13. The van der Waals surface area contributed by atoms with Crippen LogP contribution in [0.5, 0.6) is 0 Å². The summed E-state index contributed by atoms with van der Waals surface area (Å²) < 4.78 is 4.16. The molecule has 0 atom stereocenters. The molecule has 0 aromatic rings. The molecule has 0 N–H and O–H groups in total. The van der Waals surface area contributed by atoms with E-state index in [-0.39, 0.29) is 0 Å². The predicted octanol–water partition coefficient (Wildman–Crippen LogP) is -0.498. The Balaban J connectivity index is 5.01. The summed E-state index contributed by atoms with van der Waals surface area (Å²) in [7, 11) is 0. The highest BCUT2D eigenvalue weighted by Gasteiger charge is 2.43. The average molecular weight is 199 g/mol. The van der Waals surface area contributed by atoms with Gasteiger partial charge in [-0.2, -0.15) is 26.3 Å². The minimum atomic E-state index is -2.63. The van der Waals surface area contributed by atoms with Gasteiger partial charge >= 0.3 is 11.4 Å². The topological polar surface area (TPSA) is 145 Å². The first-order chi connectivity index (χ1) is 7.10. The molecule has 0 spiro atoms. The first-order valence-corrected chi connectivity index (χ1v) is 3.34. The van der Waals surface area contributed by atoms with Crippen LogP contribution >= 0.6 is 0 Å². The molecule has 0 amide bonds. The van der Waals surface area contributed by atoms with E-state index in [1.807, 2.05) is 0 Å². The number of ether oxygens (including phenoxy) is 1. The molecule has 0 bridgehead atoms. The standard InChI is InChI=1S/C8HN5O2/c9-1-6(2-10)15-7(14)8(3-11,4-12)5-13/h6H. The van der Waals surface area contributed by atoms with Gasteiger partial charge in [-0.15, -0.1) is 0 Å². The summed E-state index contributed by atoms with van der Waals surface area (Å²) >= 11 is 0. The summed E-state index contributed by atoms with van der Waals surface area (Å²) in [5, 5.41) is 41.9. The molecule has 0 fully saturated rings. The molecule has 0 unspecified atom stereocenters. The van der Waals surface area contributed by atoms with Gasteiger partial charge in [-0.1, -0.05) is 0 Å². The normalized spacial score (nSPS) is 8.53. The maximum Gasteiger partial charge on any atom is 0.358 e. The van der Waals surface area contributed by atoms with Crippen LogP contribution in [0.15, 0.2) is 0 Å². The zero-order valence-corrected chi connectivity index (χ0v) is 7.13. The van der Waals surface area contributed by atoms with Crippen molar-refractivity contribution >= 4 is 5.97 Å². The van der Waals surface area contributed by atoms with E-state index in [0.717, 1.165) is 18.2 Å². The third kappa shape index (κ3) is 2.19. The molecule has 0 aliphatic carbocycles. The van der Waals surface area contributed by atoms with Crippen LogP contribution in [0.1, 0.15) is 0 Å². The van der Waals surface area contributed by atoms with Gasteiger partial charge < -0.3 is 4.74 Å². The number of hydrogen-bond donors (Lipinski definition) is 0. The largest absolute Gasteiger partial charge is 0.430 e. The molecular weight excluding hydrogens is 198 g/mol. The number of carbonyl (C=O) groups is 1. The minimum absolute atomic E-state index is 1.15. The highest BCUT2D eigenvalue weighted by Crippen LogP contribution is 2.16. The van der Waals surface area contributed by atoms with Gasteiger partial charge in [-0.3, -0.25) is 0 Å². The maximum atomic E-state index is 11.1. The Morgan fingerprint density at radius 3 is 1.67 bits per heavy atom. The van der Waals surface area contributed by atoms with E-state index >= 15 is 0 Å². The molecule has 0 aromatic carbocycles. The first-order valence-electron chi connectivity index (χ1n) is 3.34. The monoisotopic (exact) mass is 199 g/mol.